The molecule has 1 aromatic heterocycles. The lowest BCUT2D eigenvalue weighted by atomic mass is 10.2. The van der Waals surface area contributed by atoms with Crippen molar-refractivity contribution in [1.29, 1.82) is 0 Å². The second-order valence-corrected chi connectivity index (χ2v) is 5.39. The van der Waals surface area contributed by atoms with Gasteiger partial charge in [-0.25, -0.2) is 9.78 Å². The summed E-state index contributed by atoms with van der Waals surface area (Å²) < 4.78 is 11.2. The van der Waals surface area contributed by atoms with Crippen molar-refractivity contribution < 1.29 is 14.3 Å². The average Bonchev–Trinajstić information content (AvgIpc) is 2.80. The Morgan fingerprint density at radius 3 is 2.96 bits per heavy atom. The van der Waals surface area contributed by atoms with Gasteiger partial charge in [-0.05, 0) is 29.8 Å². The Morgan fingerprint density at radius 1 is 1.26 bits per heavy atom. The highest BCUT2D eigenvalue weighted by atomic mass is 35.5. The SMILES string of the molecule is O=C(NCc1cc(Cl)c2c(c1)OCCCO2)Nc1ccccn1. The maximum absolute atomic E-state index is 11.9. The molecule has 0 bridgehead atoms. The Bertz CT molecular complexity index is 694. The third-order valence-corrected chi connectivity index (χ3v) is 3.50. The van der Waals surface area contributed by atoms with E-state index in [2.05, 4.69) is 15.6 Å². The van der Waals surface area contributed by atoms with Crippen LogP contribution in [-0.4, -0.2) is 24.2 Å². The Hall–Kier alpha value is -2.47. The number of ether oxygens (including phenoxy) is 2. The van der Waals surface area contributed by atoms with Crippen LogP contribution in [0.25, 0.3) is 0 Å². The quantitative estimate of drug-likeness (QED) is 0.904. The predicted molar refractivity (Wildman–Crippen MR) is 87.2 cm³/mol. The van der Waals surface area contributed by atoms with Crippen LogP contribution in [0.15, 0.2) is 36.5 Å². The fourth-order valence-corrected chi connectivity index (χ4v) is 2.45. The number of carbonyl (C=O) groups is 1. The Morgan fingerprint density at radius 2 is 2.13 bits per heavy atom. The molecule has 1 aliphatic heterocycles. The molecule has 23 heavy (non-hydrogen) atoms. The maximum Gasteiger partial charge on any atom is 0.320 e. The van der Waals surface area contributed by atoms with E-state index < -0.39 is 0 Å². The molecule has 0 saturated heterocycles. The van der Waals surface area contributed by atoms with Gasteiger partial charge < -0.3 is 14.8 Å². The minimum Gasteiger partial charge on any atom is -0.489 e. The molecule has 3 rings (SSSR count). The summed E-state index contributed by atoms with van der Waals surface area (Å²) in [6.45, 7) is 1.48. The monoisotopic (exact) mass is 333 g/mol. The lowest BCUT2D eigenvalue weighted by molar-refractivity contribution is 0.251. The van der Waals surface area contributed by atoms with Crippen LogP contribution in [0.3, 0.4) is 0 Å². The van der Waals surface area contributed by atoms with Crippen LogP contribution in [0, 0.1) is 0 Å². The summed E-state index contributed by atoms with van der Waals surface area (Å²) in [7, 11) is 0. The number of rotatable bonds is 3. The summed E-state index contributed by atoms with van der Waals surface area (Å²) in [5.74, 6) is 1.66. The van der Waals surface area contributed by atoms with Crippen molar-refractivity contribution >= 4 is 23.4 Å². The van der Waals surface area contributed by atoms with Crippen LogP contribution in [0.2, 0.25) is 5.02 Å². The second-order valence-electron chi connectivity index (χ2n) is 4.98. The van der Waals surface area contributed by atoms with E-state index in [1.54, 1.807) is 30.5 Å². The van der Waals surface area contributed by atoms with E-state index in [0.717, 1.165) is 12.0 Å². The molecule has 6 nitrogen and oxygen atoms in total. The first-order chi connectivity index (χ1) is 11.2. The number of pyridine rings is 1. The van der Waals surface area contributed by atoms with Crippen molar-refractivity contribution in [3.8, 4) is 11.5 Å². The van der Waals surface area contributed by atoms with Crippen LogP contribution in [0.4, 0.5) is 10.6 Å². The van der Waals surface area contributed by atoms with Gasteiger partial charge in [-0.15, -0.1) is 0 Å². The number of carbonyl (C=O) groups excluding carboxylic acids is 1. The number of hydrogen-bond donors (Lipinski definition) is 2. The number of anilines is 1. The number of benzene rings is 1. The van der Waals surface area contributed by atoms with Crippen molar-refractivity contribution in [1.82, 2.24) is 10.3 Å². The van der Waals surface area contributed by atoms with E-state index >= 15 is 0 Å². The minimum atomic E-state index is -0.341. The van der Waals surface area contributed by atoms with Crippen molar-refractivity contribution in [3.05, 3.63) is 47.1 Å². The zero-order chi connectivity index (χ0) is 16.1. The molecule has 0 aliphatic carbocycles. The zero-order valence-corrected chi connectivity index (χ0v) is 13.1. The Kier molecular flexibility index (Phi) is 4.83. The summed E-state index contributed by atoms with van der Waals surface area (Å²) in [4.78, 5) is 15.9. The average molecular weight is 334 g/mol. The van der Waals surface area contributed by atoms with E-state index in [9.17, 15) is 4.79 Å². The number of hydrogen-bond acceptors (Lipinski definition) is 4. The number of urea groups is 1. The molecular weight excluding hydrogens is 318 g/mol. The van der Waals surface area contributed by atoms with E-state index in [4.69, 9.17) is 21.1 Å². The third-order valence-electron chi connectivity index (χ3n) is 3.22. The number of halogens is 1. The molecule has 1 aromatic carbocycles. The van der Waals surface area contributed by atoms with Gasteiger partial charge in [0.1, 0.15) is 5.82 Å². The van der Waals surface area contributed by atoms with E-state index in [1.165, 1.54) is 0 Å². The largest absolute Gasteiger partial charge is 0.489 e. The van der Waals surface area contributed by atoms with Gasteiger partial charge in [0.25, 0.3) is 0 Å². The normalized spacial score (nSPS) is 13.1. The molecule has 7 heteroatoms. The highest BCUT2D eigenvalue weighted by Gasteiger charge is 2.15. The van der Waals surface area contributed by atoms with Crippen LogP contribution < -0.4 is 20.1 Å². The smallest absolute Gasteiger partial charge is 0.320 e. The molecule has 0 radical (unpaired) electrons. The lowest BCUT2D eigenvalue weighted by Crippen LogP contribution is -2.28. The highest BCUT2D eigenvalue weighted by Crippen LogP contribution is 2.37. The number of fused-ring (bicyclic) bond motifs is 1. The number of amides is 2. The Balaban J connectivity index is 1.63. The summed E-state index contributed by atoms with van der Waals surface area (Å²) in [5, 5.41) is 5.88. The van der Waals surface area contributed by atoms with Crippen LogP contribution >= 0.6 is 11.6 Å². The first-order valence-corrected chi connectivity index (χ1v) is 7.64. The second kappa shape index (κ2) is 7.19. The molecule has 2 aromatic rings. The van der Waals surface area contributed by atoms with Crippen LogP contribution in [0.1, 0.15) is 12.0 Å². The molecule has 2 N–H and O–H groups in total. The molecule has 120 valence electrons. The van der Waals surface area contributed by atoms with E-state index in [1.807, 2.05) is 6.07 Å². The fourth-order valence-electron chi connectivity index (χ4n) is 2.17. The molecule has 1 aliphatic rings. The van der Waals surface area contributed by atoms with Gasteiger partial charge in [0.05, 0.1) is 18.2 Å². The van der Waals surface area contributed by atoms with Crippen LogP contribution in [0.5, 0.6) is 11.5 Å². The first-order valence-electron chi connectivity index (χ1n) is 7.26. The third kappa shape index (κ3) is 4.04. The molecule has 0 fully saturated rings. The number of nitrogens with one attached hydrogen (secondary N) is 2. The Labute approximate surface area is 138 Å². The lowest BCUT2D eigenvalue weighted by Gasteiger charge is -2.12. The zero-order valence-electron chi connectivity index (χ0n) is 12.3. The molecule has 0 unspecified atom stereocenters. The van der Waals surface area contributed by atoms with Gasteiger partial charge in [0.15, 0.2) is 11.5 Å². The van der Waals surface area contributed by atoms with Crippen molar-refractivity contribution in [2.75, 3.05) is 18.5 Å². The van der Waals surface area contributed by atoms with Gasteiger partial charge in [-0.3, -0.25) is 5.32 Å². The van der Waals surface area contributed by atoms with E-state index in [0.29, 0.717) is 42.1 Å². The van der Waals surface area contributed by atoms with Crippen LogP contribution in [-0.2, 0) is 6.54 Å². The first kappa shape index (κ1) is 15.4. The molecule has 0 saturated carbocycles. The number of nitrogens with zero attached hydrogens (tertiary/aromatic N) is 1. The fraction of sp³-hybridized carbons (Fsp3) is 0.250. The van der Waals surface area contributed by atoms with Crippen molar-refractivity contribution in [2.24, 2.45) is 0 Å². The van der Waals surface area contributed by atoms with Crippen molar-refractivity contribution in [3.63, 3.8) is 0 Å². The van der Waals surface area contributed by atoms with Gasteiger partial charge in [0.2, 0.25) is 0 Å². The maximum atomic E-state index is 11.9. The summed E-state index contributed by atoms with van der Waals surface area (Å²) >= 11 is 6.22. The van der Waals surface area contributed by atoms with Gasteiger partial charge in [0, 0.05) is 19.2 Å². The standard InChI is InChI=1S/C16H16ClN3O3/c17-12-8-11(9-13-15(12)23-7-3-6-22-13)10-19-16(21)20-14-4-1-2-5-18-14/h1-2,4-5,8-9H,3,6-7,10H2,(H2,18,19,20,21). The molecule has 0 spiro atoms. The van der Waals surface area contributed by atoms with Crippen molar-refractivity contribution in [2.45, 2.75) is 13.0 Å². The molecular formula is C16H16ClN3O3. The highest BCUT2D eigenvalue weighted by molar-refractivity contribution is 6.32. The molecule has 2 amide bonds. The topological polar surface area (TPSA) is 72.5 Å². The number of aromatic nitrogens is 1. The predicted octanol–water partition coefficient (Wildman–Crippen LogP) is 3.22. The summed E-state index contributed by atoms with van der Waals surface area (Å²) in [6.07, 6.45) is 2.42. The van der Waals surface area contributed by atoms with E-state index in [-0.39, 0.29) is 6.03 Å². The summed E-state index contributed by atoms with van der Waals surface area (Å²) in [5.41, 5.74) is 0.829. The molecule has 2 heterocycles. The van der Waals surface area contributed by atoms with Gasteiger partial charge >= 0.3 is 6.03 Å². The minimum absolute atomic E-state index is 0.315. The molecule has 0 atom stereocenters. The summed E-state index contributed by atoms with van der Waals surface area (Å²) in [6, 6.07) is 8.54. The van der Waals surface area contributed by atoms with Gasteiger partial charge in [-0.1, -0.05) is 17.7 Å². The van der Waals surface area contributed by atoms with Gasteiger partial charge in [-0.2, -0.15) is 0 Å².